The molecule has 0 bridgehead atoms. The summed E-state index contributed by atoms with van der Waals surface area (Å²) in [5.41, 5.74) is -0.0800. The zero-order valence-corrected chi connectivity index (χ0v) is 10.6. The van der Waals surface area contributed by atoms with Crippen LogP contribution in [0.15, 0.2) is 4.99 Å². The van der Waals surface area contributed by atoms with Gasteiger partial charge in [-0.2, -0.15) is 0 Å². The van der Waals surface area contributed by atoms with Gasteiger partial charge in [0.1, 0.15) is 0 Å². The minimum absolute atomic E-state index is 0.0446. The molecule has 5 nitrogen and oxygen atoms in total. The van der Waals surface area contributed by atoms with Crippen molar-refractivity contribution in [1.29, 1.82) is 0 Å². The molecule has 0 aromatic heterocycles. The number of aliphatic imine (C=N–C) groups is 1. The molecule has 96 valence electrons. The van der Waals surface area contributed by atoms with Crippen molar-refractivity contribution in [2.75, 3.05) is 6.54 Å². The van der Waals surface area contributed by atoms with Gasteiger partial charge in [0.2, 0.25) is 6.08 Å². The first kappa shape index (κ1) is 13.7. The van der Waals surface area contributed by atoms with Crippen LogP contribution < -0.4 is 5.32 Å². The molecule has 2 atom stereocenters. The van der Waals surface area contributed by atoms with Crippen molar-refractivity contribution in [2.24, 2.45) is 15.8 Å². The van der Waals surface area contributed by atoms with E-state index in [1.807, 2.05) is 6.92 Å². The van der Waals surface area contributed by atoms with Crippen molar-refractivity contribution < 1.29 is 14.7 Å². The molecule has 0 aliphatic heterocycles. The lowest BCUT2D eigenvalue weighted by molar-refractivity contribution is 0.0823. The summed E-state index contributed by atoms with van der Waals surface area (Å²) >= 11 is 0. The highest BCUT2D eigenvalue weighted by atomic mass is 16.4. The average molecular weight is 240 g/mol. The predicted octanol–water partition coefficient (Wildman–Crippen LogP) is 2.17. The van der Waals surface area contributed by atoms with E-state index in [1.54, 1.807) is 6.08 Å². The topological polar surface area (TPSA) is 78.8 Å². The first-order valence-corrected chi connectivity index (χ1v) is 5.80. The van der Waals surface area contributed by atoms with Crippen LogP contribution in [0.3, 0.4) is 0 Å². The summed E-state index contributed by atoms with van der Waals surface area (Å²) in [6, 6.07) is -0.0446. The zero-order valence-electron chi connectivity index (χ0n) is 10.6. The lowest BCUT2D eigenvalue weighted by Crippen LogP contribution is -2.44. The number of hydrogen-bond acceptors (Lipinski definition) is 3. The van der Waals surface area contributed by atoms with Crippen molar-refractivity contribution in [3.05, 3.63) is 0 Å². The second-order valence-electron chi connectivity index (χ2n) is 6.09. The Morgan fingerprint density at radius 1 is 1.47 bits per heavy atom. The Bertz CT molecular complexity index is 348. The second-order valence-corrected chi connectivity index (χ2v) is 6.09. The zero-order chi connectivity index (χ0) is 13.1. The van der Waals surface area contributed by atoms with Crippen LogP contribution in [0, 0.1) is 10.8 Å². The molecular formula is C12H20N2O3. The highest BCUT2D eigenvalue weighted by Crippen LogP contribution is 2.46. The second kappa shape index (κ2) is 4.88. The summed E-state index contributed by atoms with van der Waals surface area (Å²) in [7, 11) is 0. The standard InChI is InChI=1S/C12H20N2O3/c1-11(2)4-9(14-8-15)5-12(3,6-11)7-13-10(16)17/h9,13H,4-7H2,1-3H3,(H,16,17). The molecule has 0 heterocycles. The maximum Gasteiger partial charge on any atom is 0.404 e. The fourth-order valence-corrected chi connectivity index (χ4v) is 3.17. The lowest BCUT2D eigenvalue weighted by atomic mass is 9.63. The van der Waals surface area contributed by atoms with Gasteiger partial charge >= 0.3 is 6.09 Å². The number of amides is 1. The molecule has 1 aliphatic rings. The third-order valence-corrected chi connectivity index (χ3v) is 3.32. The fraction of sp³-hybridized carbons (Fsp3) is 0.833. The Morgan fingerprint density at radius 3 is 2.65 bits per heavy atom. The van der Waals surface area contributed by atoms with Crippen LogP contribution in [-0.4, -0.2) is 29.9 Å². The largest absolute Gasteiger partial charge is 0.465 e. The Balaban J connectivity index is 2.76. The van der Waals surface area contributed by atoms with E-state index in [9.17, 15) is 9.59 Å². The number of hydrogen-bond donors (Lipinski definition) is 2. The van der Waals surface area contributed by atoms with Crippen molar-refractivity contribution in [3.8, 4) is 0 Å². The third kappa shape index (κ3) is 4.19. The average Bonchev–Trinajstić information content (AvgIpc) is 2.12. The van der Waals surface area contributed by atoms with Crippen LogP contribution in [0.25, 0.3) is 0 Å². The molecule has 1 fully saturated rings. The summed E-state index contributed by atoms with van der Waals surface area (Å²) < 4.78 is 0. The highest BCUT2D eigenvalue weighted by Gasteiger charge is 2.41. The Labute approximate surface area is 101 Å². The lowest BCUT2D eigenvalue weighted by Gasteiger charge is -2.45. The quantitative estimate of drug-likeness (QED) is 0.586. The minimum atomic E-state index is -1.01. The van der Waals surface area contributed by atoms with Gasteiger partial charge in [-0.25, -0.2) is 14.6 Å². The number of nitrogens with one attached hydrogen (secondary N) is 1. The number of carbonyl (C=O) groups is 1. The molecule has 17 heavy (non-hydrogen) atoms. The van der Waals surface area contributed by atoms with Gasteiger partial charge < -0.3 is 10.4 Å². The summed E-state index contributed by atoms with van der Waals surface area (Å²) in [5, 5.41) is 11.1. The number of nitrogens with zero attached hydrogens (tertiary/aromatic N) is 1. The van der Waals surface area contributed by atoms with Crippen molar-refractivity contribution in [1.82, 2.24) is 5.32 Å². The maximum absolute atomic E-state index is 10.6. The number of isocyanates is 1. The van der Waals surface area contributed by atoms with Gasteiger partial charge in [0.25, 0.3) is 0 Å². The molecule has 1 saturated carbocycles. The van der Waals surface area contributed by atoms with Crippen LogP contribution >= 0.6 is 0 Å². The molecule has 0 saturated heterocycles. The van der Waals surface area contributed by atoms with Crippen LogP contribution in [0.2, 0.25) is 0 Å². The van der Waals surface area contributed by atoms with E-state index in [-0.39, 0.29) is 16.9 Å². The van der Waals surface area contributed by atoms with Gasteiger partial charge in [0.15, 0.2) is 0 Å². The maximum atomic E-state index is 10.6. The van der Waals surface area contributed by atoms with E-state index in [0.717, 1.165) is 19.3 Å². The van der Waals surface area contributed by atoms with Gasteiger partial charge in [0.05, 0.1) is 6.04 Å². The third-order valence-electron chi connectivity index (χ3n) is 3.32. The van der Waals surface area contributed by atoms with Crippen LogP contribution in [-0.2, 0) is 4.79 Å². The summed E-state index contributed by atoms with van der Waals surface area (Å²) in [5.74, 6) is 0. The van der Waals surface area contributed by atoms with E-state index < -0.39 is 6.09 Å². The van der Waals surface area contributed by atoms with Crippen molar-refractivity contribution >= 4 is 12.2 Å². The number of rotatable bonds is 3. The molecule has 2 N–H and O–H groups in total. The Kier molecular flexibility index (Phi) is 3.94. The van der Waals surface area contributed by atoms with Gasteiger partial charge in [0, 0.05) is 6.54 Å². The van der Waals surface area contributed by atoms with E-state index in [2.05, 4.69) is 24.2 Å². The fourth-order valence-electron chi connectivity index (χ4n) is 3.17. The first-order valence-electron chi connectivity index (χ1n) is 5.80. The SMILES string of the molecule is CC1(C)CC(N=C=O)CC(C)(CNC(=O)O)C1. The highest BCUT2D eigenvalue weighted by molar-refractivity contribution is 5.64. The van der Waals surface area contributed by atoms with Crippen LogP contribution in [0.5, 0.6) is 0 Å². The smallest absolute Gasteiger partial charge is 0.404 e. The van der Waals surface area contributed by atoms with Crippen LogP contribution in [0.1, 0.15) is 40.0 Å². The predicted molar refractivity (Wildman–Crippen MR) is 63.7 cm³/mol. The van der Waals surface area contributed by atoms with Gasteiger partial charge in [-0.05, 0) is 30.1 Å². The minimum Gasteiger partial charge on any atom is -0.465 e. The summed E-state index contributed by atoms with van der Waals surface area (Å²) in [6.45, 7) is 6.69. The molecule has 0 spiro atoms. The monoisotopic (exact) mass is 240 g/mol. The first-order chi connectivity index (χ1) is 7.76. The van der Waals surface area contributed by atoms with E-state index in [1.165, 1.54) is 0 Å². The van der Waals surface area contributed by atoms with Gasteiger partial charge in [-0.15, -0.1) is 0 Å². The van der Waals surface area contributed by atoms with Crippen molar-refractivity contribution in [3.63, 3.8) is 0 Å². The van der Waals surface area contributed by atoms with E-state index in [4.69, 9.17) is 5.11 Å². The Morgan fingerprint density at radius 2 is 2.12 bits per heavy atom. The van der Waals surface area contributed by atoms with E-state index in [0.29, 0.717) is 6.54 Å². The molecule has 1 amide bonds. The molecule has 0 aromatic rings. The molecular weight excluding hydrogens is 220 g/mol. The number of carboxylic acid groups (broad SMARTS) is 1. The van der Waals surface area contributed by atoms with Gasteiger partial charge in [-0.3, -0.25) is 0 Å². The Hall–Kier alpha value is -1.35. The normalized spacial score (nSPS) is 31.4. The van der Waals surface area contributed by atoms with Gasteiger partial charge in [-0.1, -0.05) is 20.8 Å². The van der Waals surface area contributed by atoms with Crippen molar-refractivity contribution in [2.45, 2.75) is 46.1 Å². The summed E-state index contributed by atoms with van der Waals surface area (Å²) in [4.78, 5) is 24.7. The van der Waals surface area contributed by atoms with E-state index >= 15 is 0 Å². The molecule has 1 aliphatic carbocycles. The molecule has 0 aromatic carbocycles. The molecule has 0 radical (unpaired) electrons. The molecule has 1 rings (SSSR count). The molecule has 5 heteroatoms. The van der Waals surface area contributed by atoms with Crippen LogP contribution in [0.4, 0.5) is 4.79 Å². The summed E-state index contributed by atoms with van der Waals surface area (Å²) in [6.07, 6.45) is 3.11. The number of carbonyl (C=O) groups excluding carboxylic acids is 1. The molecule has 2 unspecified atom stereocenters.